The lowest BCUT2D eigenvalue weighted by Crippen LogP contribution is -2.48. The van der Waals surface area contributed by atoms with Crippen LogP contribution in [0.5, 0.6) is 0 Å². The van der Waals surface area contributed by atoms with E-state index >= 15 is 0 Å². The molecule has 6 nitrogen and oxygen atoms in total. The summed E-state index contributed by atoms with van der Waals surface area (Å²) >= 11 is 1.78. The Morgan fingerprint density at radius 2 is 2.30 bits per heavy atom. The van der Waals surface area contributed by atoms with Gasteiger partial charge in [-0.05, 0) is 39.2 Å². The molecule has 0 spiro atoms. The number of thioether (sulfide) groups is 1. The van der Waals surface area contributed by atoms with Gasteiger partial charge in [-0.1, -0.05) is 5.21 Å². The highest BCUT2D eigenvalue weighted by Crippen LogP contribution is 2.22. The SMILES string of the molecule is CSCC[C@H]1Cn2nncc2CN1C(=O)OC(C)(C)C. The summed E-state index contributed by atoms with van der Waals surface area (Å²) in [6, 6.07) is 0.117. The molecule has 1 atom stereocenters. The van der Waals surface area contributed by atoms with Crippen LogP contribution in [-0.4, -0.2) is 49.6 Å². The fourth-order valence-electron chi connectivity index (χ4n) is 2.19. The van der Waals surface area contributed by atoms with Gasteiger partial charge in [0.15, 0.2) is 0 Å². The zero-order valence-corrected chi connectivity index (χ0v) is 13.3. The second-order valence-electron chi connectivity index (χ2n) is 5.95. The van der Waals surface area contributed by atoms with Crippen LogP contribution in [0, 0.1) is 0 Å². The molecule has 0 bridgehead atoms. The molecule has 2 rings (SSSR count). The Bertz CT molecular complexity index is 469. The maximum absolute atomic E-state index is 12.4. The van der Waals surface area contributed by atoms with Crippen molar-refractivity contribution in [1.82, 2.24) is 19.9 Å². The number of rotatable bonds is 3. The Morgan fingerprint density at radius 1 is 1.55 bits per heavy atom. The number of carbonyl (C=O) groups is 1. The normalized spacial score (nSPS) is 18.8. The van der Waals surface area contributed by atoms with Crippen LogP contribution < -0.4 is 0 Å². The Morgan fingerprint density at radius 3 is 2.95 bits per heavy atom. The third-order valence-electron chi connectivity index (χ3n) is 3.14. The first-order valence-corrected chi connectivity index (χ1v) is 8.16. The van der Waals surface area contributed by atoms with Crippen molar-refractivity contribution in [2.45, 2.75) is 51.9 Å². The largest absolute Gasteiger partial charge is 0.444 e. The number of ether oxygens (including phenoxy) is 1. The average molecular weight is 298 g/mol. The highest BCUT2D eigenvalue weighted by molar-refractivity contribution is 7.98. The molecule has 112 valence electrons. The number of aromatic nitrogens is 3. The summed E-state index contributed by atoms with van der Waals surface area (Å²) in [6.45, 7) is 6.86. The predicted octanol–water partition coefficient (Wildman–Crippen LogP) is 2.15. The van der Waals surface area contributed by atoms with E-state index in [9.17, 15) is 4.79 Å². The van der Waals surface area contributed by atoms with E-state index in [4.69, 9.17) is 4.74 Å². The van der Waals surface area contributed by atoms with E-state index in [1.165, 1.54) is 0 Å². The van der Waals surface area contributed by atoms with Gasteiger partial charge in [0, 0.05) is 0 Å². The smallest absolute Gasteiger partial charge is 0.410 e. The minimum atomic E-state index is -0.475. The summed E-state index contributed by atoms with van der Waals surface area (Å²) in [7, 11) is 0. The summed E-state index contributed by atoms with van der Waals surface area (Å²) in [4.78, 5) is 14.2. The van der Waals surface area contributed by atoms with Gasteiger partial charge in [-0.15, -0.1) is 5.10 Å². The van der Waals surface area contributed by atoms with E-state index in [2.05, 4.69) is 16.6 Å². The van der Waals surface area contributed by atoms with Crippen molar-refractivity contribution in [3.8, 4) is 0 Å². The van der Waals surface area contributed by atoms with Gasteiger partial charge in [-0.25, -0.2) is 9.48 Å². The fourth-order valence-corrected chi connectivity index (χ4v) is 2.70. The van der Waals surface area contributed by atoms with E-state index in [1.54, 1.807) is 22.9 Å². The van der Waals surface area contributed by atoms with E-state index in [1.807, 2.05) is 25.5 Å². The highest BCUT2D eigenvalue weighted by Gasteiger charge is 2.33. The quantitative estimate of drug-likeness (QED) is 0.855. The van der Waals surface area contributed by atoms with Crippen molar-refractivity contribution in [3.05, 3.63) is 11.9 Å². The van der Waals surface area contributed by atoms with E-state index in [0.717, 1.165) is 17.9 Å². The van der Waals surface area contributed by atoms with Crippen molar-refractivity contribution in [2.24, 2.45) is 0 Å². The Labute approximate surface area is 123 Å². The maximum atomic E-state index is 12.4. The third kappa shape index (κ3) is 3.65. The molecule has 0 saturated carbocycles. The first-order chi connectivity index (χ1) is 9.40. The van der Waals surface area contributed by atoms with Crippen LogP contribution in [0.3, 0.4) is 0 Å². The van der Waals surface area contributed by atoms with Crippen molar-refractivity contribution < 1.29 is 9.53 Å². The summed E-state index contributed by atoms with van der Waals surface area (Å²) < 4.78 is 7.39. The summed E-state index contributed by atoms with van der Waals surface area (Å²) in [5, 5.41) is 7.98. The number of carbonyl (C=O) groups excluding carboxylic acids is 1. The van der Waals surface area contributed by atoms with Gasteiger partial charge in [-0.2, -0.15) is 11.8 Å². The molecule has 1 aromatic heterocycles. The number of hydrogen-bond acceptors (Lipinski definition) is 5. The average Bonchev–Trinajstić information content (AvgIpc) is 2.80. The minimum absolute atomic E-state index is 0.117. The predicted molar refractivity (Wildman–Crippen MR) is 78.6 cm³/mol. The summed E-state index contributed by atoms with van der Waals surface area (Å²) in [5.41, 5.74) is 0.480. The van der Waals surface area contributed by atoms with Crippen LogP contribution in [0.25, 0.3) is 0 Å². The maximum Gasteiger partial charge on any atom is 0.410 e. The Balaban J connectivity index is 2.12. The molecule has 1 aliphatic rings. The number of amides is 1. The van der Waals surface area contributed by atoms with Gasteiger partial charge in [0.05, 0.1) is 31.0 Å². The zero-order valence-electron chi connectivity index (χ0n) is 12.5. The molecule has 2 heterocycles. The Kier molecular flexibility index (Phi) is 4.57. The monoisotopic (exact) mass is 298 g/mol. The number of hydrogen-bond donors (Lipinski definition) is 0. The lowest BCUT2D eigenvalue weighted by molar-refractivity contribution is 0.00634. The summed E-state index contributed by atoms with van der Waals surface area (Å²) in [5.74, 6) is 1.01. The van der Waals surface area contributed by atoms with Crippen molar-refractivity contribution in [1.29, 1.82) is 0 Å². The molecule has 7 heteroatoms. The summed E-state index contributed by atoms with van der Waals surface area (Å²) in [6.07, 6.45) is 4.46. The van der Waals surface area contributed by atoms with Gasteiger partial charge in [0.25, 0.3) is 0 Å². The number of fused-ring (bicyclic) bond motifs is 1. The van der Waals surface area contributed by atoms with Gasteiger partial charge >= 0.3 is 6.09 Å². The van der Waals surface area contributed by atoms with Crippen molar-refractivity contribution in [3.63, 3.8) is 0 Å². The fraction of sp³-hybridized carbons (Fsp3) is 0.769. The van der Waals surface area contributed by atoms with Gasteiger partial charge in [-0.3, -0.25) is 4.90 Å². The van der Waals surface area contributed by atoms with Crippen molar-refractivity contribution >= 4 is 17.9 Å². The zero-order chi connectivity index (χ0) is 14.8. The molecule has 1 aliphatic heterocycles. The van der Waals surface area contributed by atoms with Gasteiger partial charge in [0.2, 0.25) is 0 Å². The molecular weight excluding hydrogens is 276 g/mol. The van der Waals surface area contributed by atoms with Gasteiger partial charge < -0.3 is 4.74 Å². The van der Waals surface area contributed by atoms with Gasteiger partial charge in [0.1, 0.15) is 5.60 Å². The molecule has 20 heavy (non-hydrogen) atoms. The first-order valence-electron chi connectivity index (χ1n) is 6.76. The van der Waals surface area contributed by atoms with Crippen LogP contribution in [0.4, 0.5) is 4.79 Å². The van der Waals surface area contributed by atoms with Crippen LogP contribution in [0.2, 0.25) is 0 Å². The van der Waals surface area contributed by atoms with E-state index in [0.29, 0.717) is 13.1 Å². The van der Waals surface area contributed by atoms with Crippen molar-refractivity contribution in [2.75, 3.05) is 12.0 Å². The van der Waals surface area contributed by atoms with Crippen LogP contribution >= 0.6 is 11.8 Å². The van der Waals surface area contributed by atoms with Crippen LogP contribution in [0.15, 0.2) is 6.20 Å². The second kappa shape index (κ2) is 6.03. The molecule has 0 aliphatic carbocycles. The molecule has 0 fully saturated rings. The second-order valence-corrected chi connectivity index (χ2v) is 6.94. The molecule has 0 N–H and O–H groups in total. The number of nitrogens with zero attached hydrogens (tertiary/aromatic N) is 4. The van der Waals surface area contributed by atoms with E-state index in [-0.39, 0.29) is 12.1 Å². The topological polar surface area (TPSA) is 60.2 Å². The standard InChI is InChI=1S/C13H22N4O2S/c1-13(2,3)19-12(18)16-8-11-7-14-15-17(11)9-10(16)5-6-20-4/h7,10H,5-6,8-9H2,1-4H3/t10-/m0/s1. The molecule has 0 aromatic carbocycles. The highest BCUT2D eigenvalue weighted by atomic mass is 32.2. The van der Waals surface area contributed by atoms with Crippen LogP contribution in [0.1, 0.15) is 32.9 Å². The van der Waals surface area contributed by atoms with E-state index < -0.39 is 5.60 Å². The minimum Gasteiger partial charge on any atom is -0.444 e. The van der Waals surface area contributed by atoms with Crippen LogP contribution in [-0.2, 0) is 17.8 Å². The molecule has 1 aromatic rings. The molecular formula is C13H22N4O2S. The molecule has 0 saturated heterocycles. The third-order valence-corrected chi connectivity index (χ3v) is 3.78. The molecule has 0 unspecified atom stereocenters. The molecule has 0 radical (unpaired) electrons. The lowest BCUT2D eigenvalue weighted by Gasteiger charge is -2.36. The molecule has 1 amide bonds. The first kappa shape index (κ1) is 15.2. The Hall–Kier alpha value is -1.24. The lowest BCUT2D eigenvalue weighted by atomic mass is 10.1.